The van der Waals surface area contributed by atoms with Gasteiger partial charge in [0.05, 0.1) is 21.0 Å². The molecular formula is C16H13Br2NO7S. The number of hydrogen-bond donors (Lipinski definition) is 1. The number of imide groups is 1. The van der Waals surface area contributed by atoms with Crippen molar-refractivity contribution in [2.24, 2.45) is 0 Å². The van der Waals surface area contributed by atoms with Crippen LogP contribution < -0.4 is 4.74 Å². The highest BCUT2D eigenvalue weighted by molar-refractivity contribution is 9.11. The van der Waals surface area contributed by atoms with Crippen molar-refractivity contribution < 1.29 is 33.8 Å². The number of methoxy groups -OCH3 is 1. The third-order valence-corrected chi connectivity index (χ3v) is 5.47. The highest BCUT2D eigenvalue weighted by atomic mass is 79.9. The molecule has 1 heterocycles. The van der Waals surface area contributed by atoms with Crippen LogP contribution in [0.4, 0.5) is 4.79 Å². The fraction of sp³-hybridized carbons (Fsp3) is 0.250. The first-order chi connectivity index (χ1) is 12.6. The molecule has 11 heteroatoms. The number of aliphatic carboxylic acids is 1. The van der Waals surface area contributed by atoms with Crippen molar-refractivity contribution in [3.8, 4) is 5.75 Å². The molecule has 0 saturated carbocycles. The van der Waals surface area contributed by atoms with Gasteiger partial charge in [-0.3, -0.25) is 14.5 Å². The summed E-state index contributed by atoms with van der Waals surface area (Å²) in [6.45, 7) is 0.897. The van der Waals surface area contributed by atoms with Crippen molar-refractivity contribution >= 4 is 72.8 Å². The standard InChI is InChI=1S/C16H13Br2NO7S/c1-7(15(23)25-2)19-14(22)11(27-16(19)24)5-8-3-9(17)13(10(18)4-8)26-6-12(20)21/h3-5,7H,6H2,1-2H3,(H,20,21)/b11-5+/t7-/m1/s1. The van der Waals surface area contributed by atoms with E-state index in [1.54, 1.807) is 12.1 Å². The molecule has 2 rings (SSSR count). The zero-order valence-corrected chi connectivity index (χ0v) is 18.0. The van der Waals surface area contributed by atoms with Gasteiger partial charge in [0.1, 0.15) is 11.8 Å². The molecule has 1 aliphatic rings. The van der Waals surface area contributed by atoms with Crippen LogP contribution in [0.5, 0.6) is 5.75 Å². The average Bonchev–Trinajstić information content (AvgIpc) is 2.86. The van der Waals surface area contributed by atoms with E-state index in [1.807, 2.05) is 0 Å². The highest BCUT2D eigenvalue weighted by Crippen LogP contribution is 2.38. The van der Waals surface area contributed by atoms with E-state index in [0.29, 0.717) is 32.0 Å². The first-order valence-electron chi connectivity index (χ1n) is 7.34. The van der Waals surface area contributed by atoms with Crippen LogP contribution >= 0.6 is 43.6 Å². The second kappa shape index (κ2) is 8.89. The zero-order chi connectivity index (χ0) is 20.3. The molecule has 27 heavy (non-hydrogen) atoms. The number of ether oxygens (including phenoxy) is 2. The third-order valence-electron chi connectivity index (χ3n) is 3.41. The zero-order valence-electron chi connectivity index (χ0n) is 14.0. The Morgan fingerprint density at radius 2 is 1.89 bits per heavy atom. The number of esters is 1. The minimum atomic E-state index is -1.12. The summed E-state index contributed by atoms with van der Waals surface area (Å²) in [5.41, 5.74) is 0.563. The molecule has 2 amide bonds. The molecule has 144 valence electrons. The normalized spacial score (nSPS) is 16.6. The summed E-state index contributed by atoms with van der Waals surface area (Å²) in [5, 5.41) is 8.14. The molecule has 1 saturated heterocycles. The fourth-order valence-corrected chi connectivity index (χ4v) is 4.53. The number of carbonyl (C=O) groups excluding carboxylic acids is 3. The predicted octanol–water partition coefficient (Wildman–Crippen LogP) is 3.27. The van der Waals surface area contributed by atoms with Gasteiger partial charge in [0, 0.05) is 0 Å². The topological polar surface area (TPSA) is 110 Å². The van der Waals surface area contributed by atoms with Gasteiger partial charge in [0.2, 0.25) is 0 Å². The molecule has 0 aliphatic carbocycles. The fourth-order valence-electron chi connectivity index (χ4n) is 2.18. The monoisotopic (exact) mass is 521 g/mol. The number of nitrogens with zero attached hydrogens (tertiary/aromatic N) is 1. The van der Waals surface area contributed by atoms with Crippen LogP contribution in [0, 0.1) is 0 Å². The largest absolute Gasteiger partial charge is 0.480 e. The van der Waals surface area contributed by atoms with Crippen LogP contribution in [0.2, 0.25) is 0 Å². The first-order valence-corrected chi connectivity index (χ1v) is 9.74. The maximum absolute atomic E-state index is 12.5. The Hall–Kier alpha value is -1.85. The summed E-state index contributed by atoms with van der Waals surface area (Å²) >= 11 is 7.28. The van der Waals surface area contributed by atoms with Crippen LogP contribution in [0.25, 0.3) is 6.08 Å². The van der Waals surface area contributed by atoms with E-state index in [-0.39, 0.29) is 4.91 Å². The predicted molar refractivity (Wildman–Crippen MR) is 104 cm³/mol. The molecule has 1 aromatic carbocycles. The van der Waals surface area contributed by atoms with Gasteiger partial charge in [-0.1, -0.05) is 0 Å². The molecule has 0 unspecified atom stereocenters. The number of rotatable bonds is 6. The average molecular weight is 523 g/mol. The molecule has 1 atom stereocenters. The molecule has 1 aromatic rings. The number of thioether (sulfide) groups is 1. The van der Waals surface area contributed by atoms with Crippen molar-refractivity contribution in [3.05, 3.63) is 31.5 Å². The third kappa shape index (κ3) is 4.90. The van der Waals surface area contributed by atoms with Gasteiger partial charge >= 0.3 is 11.9 Å². The second-order valence-electron chi connectivity index (χ2n) is 5.25. The summed E-state index contributed by atoms with van der Waals surface area (Å²) in [6.07, 6.45) is 1.49. The summed E-state index contributed by atoms with van der Waals surface area (Å²) in [6, 6.07) is 2.19. The molecule has 8 nitrogen and oxygen atoms in total. The van der Waals surface area contributed by atoms with Crippen LogP contribution in [-0.4, -0.2) is 52.8 Å². The quantitative estimate of drug-likeness (QED) is 0.447. The van der Waals surface area contributed by atoms with Gasteiger partial charge < -0.3 is 14.6 Å². The molecule has 0 radical (unpaired) electrons. The summed E-state index contributed by atoms with van der Waals surface area (Å²) in [4.78, 5) is 47.9. The van der Waals surface area contributed by atoms with Gasteiger partial charge in [-0.15, -0.1) is 0 Å². The lowest BCUT2D eigenvalue weighted by Gasteiger charge is -2.18. The smallest absolute Gasteiger partial charge is 0.341 e. The van der Waals surface area contributed by atoms with Crippen LogP contribution in [-0.2, 0) is 19.1 Å². The SMILES string of the molecule is COC(=O)[C@@H](C)N1C(=O)S/C(=C/c2cc(Br)c(OCC(=O)O)c(Br)c2)C1=O. The van der Waals surface area contributed by atoms with Crippen LogP contribution in [0.15, 0.2) is 26.0 Å². The van der Waals surface area contributed by atoms with Gasteiger partial charge in [-0.05, 0) is 74.3 Å². The molecular weight excluding hydrogens is 510 g/mol. The highest BCUT2D eigenvalue weighted by Gasteiger charge is 2.41. The number of hydrogen-bond acceptors (Lipinski definition) is 7. The molecule has 1 N–H and O–H groups in total. The van der Waals surface area contributed by atoms with Crippen molar-refractivity contribution in [1.82, 2.24) is 4.90 Å². The van der Waals surface area contributed by atoms with E-state index in [2.05, 4.69) is 36.6 Å². The lowest BCUT2D eigenvalue weighted by molar-refractivity contribution is -0.148. The van der Waals surface area contributed by atoms with Crippen molar-refractivity contribution in [2.75, 3.05) is 13.7 Å². The number of halogens is 2. The number of carboxylic acids is 1. The minimum absolute atomic E-state index is 0.147. The summed E-state index contributed by atoms with van der Waals surface area (Å²) in [7, 11) is 1.18. The number of amides is 2. The Kier molecular flexibility index (Phi) is 7.06. The minimum Gasteiger partial charge on any atom is -0.480 e. The summed E-state index contributed by atoms with van der Waals surface area (Å²) in [5.74, 6) is -2.11. The number of carboxylic acid groups (broad SMARTS) is 1. The van der Waals surface area contributed by atoms with E-state index in [1.165, 1.54) is 20.1 Å². The molecule has 0 bridgehead atoms. The van der Waals surface area contributed by atoms with Gasteiger partial charge in [-0.25, -0.2) is 9.59 Å². The van der Waals surface area contributed by atoms with Gasteiger partial charge in [0.25, 0.3) is 11.1 Å². The molecule has 1 aliphatic heterocycles. The van der Waals surface area contributed by atoms with Crippen LogP contribution in [0.1, 0.15) is 12.5 Å². The Bertz CT molecular complexity index is 832. The van der Waals surface area contributed by atoms with Crippen molar-refractivity contribution in [1.29, 1.82) is 0 Å². The van der Waals surface area contributed by atoms with Crippen molar-refractivity contribution in [2.45, 2.75) is 13.0 Å². The van der Waals surface area contributed by atoms with E-state index < -0.39 is 35.7 Å². The Labute approximate surface area is 175 Å². The van der Waals surface area contributed by atoms with Crippen LogP contribution in [0.3, 0.4) is 0 Å². The maximum atomic E-state index is 12.5. The molecule has 1 fully saturated rings. The molecule has 0 aromatic heterocycles. The number of carbonyl (C=O) groups is 4. The lowest BCUT2D eigenvalue weighted by Crippen LogP contribution is -2.42. The van der Waals surface area contributed by atoms with E-state index in [4.69, 9.17) is 9.84 Å². The summed E-state index contributed by atoms with van der Waals surface area (Å²) < 4.78 is 10.7. The molecule has 0 spiro atoms. The van der Waals surface area contributed by atoms with E-state index in [9.17, 15) is 19.2 Å². The maximum Gasteiger partial charge on any atom is 0.341 e. The Morgan fingerprint density at radius 3 is 2.41 bits per heavy atom. The van der Waals surface area contributed by atoms with E-state index >= 15 is 0 Å². The van der Waals surface area contributed by atoms with Gasteiger partial charge in [0.15, 0.2) is 6.61 Å². The Balaban J connectivity index is 2.29. The number of benzene rings is 1. The lowest BCUT2D eigenvalue weighted by atomic mass is 10.2. The van der Waals surface area contributed by atoms with Gasteiger partial charge in [-0.2, -0.15) is 0 Å². The van der Waals surface area contributed by atoms with Crippen molar-refractivity contribution in [3.63, 3.8) is 0 Å². The first kappa shape index (κ1) is 21.5. The Morgan fingerprint density at radius 1 is 1.30 bits per heavy atom. The van der Waals surface area contributed by atoms with E-state index in [0.717, 1.165) is 4.90 Å². The second-order valence-corrected chi connectivity index (χ2v) is 7.95.